The maximum atomic E-state index is 13.0. The van der Waals surface area contributed by atoms with Crippen LogP contribution in [-0.4, -0.2) is 78.5 Å². The Kier molecular flexibility index (Phi) is 6.63. The second-order valence-electron chi connectivity index (χ2n) is 9.39. The monoisotopic (exact) mass is 393 g/mol. The molecule has 1 atom stereocenters. The molecule has 0 N–H and O–H groups in total. The van der Waals surface area contributed by atoms with Crippen LogP contribution >= 0.6 is 0 Å². The summed E-state index contributed by atoms with van der Waals surface area (Å²) in [6.45, 7) is 6.09. The summed E-state index contributed by atoms with van der Waals surface area (Å²) in [5.41, 5.74) is -0.248. The molecule has 0 aromatic carbocycles. The Balaban J connectivity index is 1.67. The number of hydrogen-bond acceptors (Lipinski definition) is 4. The van der Waals surface area contributed by atoms with Gasteiger partial charge in [-0.2, -0.15) is 0 Å². The molecule has 1 unspecified atom stereocenters. The summed E-state index contributed by atoms with van der Waals surface area (Å²) < 4.78 is 5.04. The highest BCUT2D eigenvalue weighted by Crippen LogP contribution is 2.31. The fraction of sp³-hybridized carbons (Fsp3) is 0.857. The molecular formula is C21H35N3O4. The number of methoxy groups -OCH3 is 1. The summed E-state index contributed by atoms with van der Waals surface area (Å²) in [6, 6.07) is -0.818. The molecule has 28 heavy (non-hydrogen) atoms. The Hall–Kier alpha value is -1.63. The van der Waals surface area contributed by atoms with E-state index in [1.165, 1.54) is 37.0 Å². The van der Waals surface area contributed by atoms with Gasteiger partial charge >= 0.3 is 6.03 Å². The summed E-state index contributed by atoms with van der Waals surface area (Å²) in [7, 11) is 1.55. The third-order valence-corrected chi connectivity index (χ3v) is 6.38. The molecule has 2 saturated heterocycles. The summed E-state index contributed by atoms with van der Waals surface area (Å²) in [5, 5.41) is 0. The molecule has 2 aliphatic heterocycles. The first-order chi connectivity index (χ1) is 13.3. The second-order valence-corrected chi connectivity index (χ2v) is 9.39. The quantitative estimate of drug-likeness (QED) is 0.650. The topological polar surface area (TPSA) is 70.2 Å². The van der Waals surface area contributed by atoms with Crippen LogP contribution in [0.4, 0.5) is 4.79 Å². The maximum Gasteiger partial charge on any atom is 0.327 e. The first-order valence-electron chi connectivity index (χ1n) is 10.7. The SMILES string of the molecule is COCCN1C(=O)C2CN(C(=O)CCC3CCCCC3)CC(C)(C)CN2C1=O. The first-order valence-corrected chi connectivity index (χ1v) is 10.7. The minimum Gasteiger partial charge on any atom is -0.383 e. The maximum absolute atomic E-state index is 13.0. The molecule has 0 bridgehead atoms. The molecular weight excluding hydrogens is 358 g/mol. The predicted molar refractivity (Wildman–Crippen MR) is 106 cm³/mol. The Morgan fingerprint density at radius 2 is 1.86 bits per heavy atom. The van der Waals surface area contributed by atoms with Crippen molar-refractivity contribution in [3.05, 3.63) is 0 Å². The van der Waals surface area contributed by atoms with Crippen LogP contribution in [-0.2, 0) is 14.3 Å². The molecule has 1 aliphatic carbocycles. The van der Waals surface area contributed by atoms with E-state index >= 15 is 0 Å². The van der Waals surface area contributed by atoms with Gasteiger partial charge in [-0.25, -0.2) is 4.79 Å². The number of imide groups is 1. The van der Waals surface area contributed by atoms with E-state index in [1.807, 2.05) is 4.90 Å². The van der Waals surface area contributed by atoms with Gasteiger partial charge in [-0.1, -0.05) is 46.0 Å². The van der Waals surface area contributed by atoms with Gasteiger partial charge in [0.1, 0.15) is 6.04 Å². The van der Waals surface area contributed by atoms with Gasteiger partial charge in [0.05, 0.1) is 19.7 Å². The van der Waals surface area contributed by atoms with E-state index in [4.69, 9.17) is 4.74 Å². The van der Waals surface area contributed by atoms with E-state index in [9.17, 15) is 14.4 Å². The van der Waals surface area contributed by atoms with Crippen LogP contribution in [0.2, 0.25) is 0 Å². The molecule has 1 saturated carbocycles. The number of fused-ring (bicyclic) bond motifs is 1. The van der Waals surface area contributed by atoms with Crippen molar-refractivity contribution in [2.45, 2.75) is 64.8 Å². The molecule has 3 fully saturated rings. The third-order valence-electron chi connectivity index (χ3n) is 6.38. The molecule has 0 radical (unpaired) electrons. The van der Waals surface area contributed by atoms with Crippen molar-refractivity contribution in [3.63, 3.8) is 0 Å². The van der Waals surface area contributed by atoms with Crippen LogP contribution in [0.15, 0.2) is 0 Å². The smallest absolute Gasteiger partial charge is 0.327 e. The first kappa shape index (κ1) is 21.1. The fourth-order valence-corrected chi connectivity index (χ4v) is 4.89. The predicted octanol–water partition coefficient (Wildman–Crippen LogP) is 2.49. The van der Waals surface area contributed by atoms with E-state index in [2.05, 4.69) is 13.8 Å². The van der Waals surface area contributed by atoms with Gasteiger partial charge in [0, 0.05) is 32.0 Å². The molecule has 0 aromatic rings. The van der Waals surface area contributed by atoms with Gasteiger partial charge in [-0.3, -0.25) is 14.5 Å². The lowest BCUT2D eigenvalue weighted by Gasteiger charge is -2.31. The minimum absolute atomic E-state index is 0.121. The molecule has 0 spiro atoms. The van der Waals surface area contributed by atoms with Crippen LogP contribution in [0.3, 0.4) is 0 Å². The summed E-state index contributed by atoms with van der Waals surface area (Å²) in [5.74, 6) is 0.578. The number of urea groups is 1. The highest BCUT2D eigenvalue weighted by Gasteiger charge is 2.49. The summed E-state index contributed by atoms with van der Waals surface area (Å²) in [4.78, 5) is 43.4. The molecule has 7 nitrogen and oxygen atoms in total. The van der Waals surface area contributed by atoms with Gasteiger partial charge in [0.2, 0.25) is 5.91 Å². The van der Waals surface area contributed by atoms with Crippen LogP contribution in [0.25, 0.3) is 0 Å². The molecule has 7 heteroatoms. The van der Waals surface area contributed by atoms with Crippen molar-refractivity contribution in [2.75, 3.05) is 39.9 Å². The molecule has 3 aliphatic rings. The van der Waals surface area contributed by atoms with Crippen molar-refractivity contribution in [3.8, 4) is 0 Å². The van der Waals surface area contributed by atoms with Crippen molar-refractivity contribution in [1.82, 2.24) is 14.7 Å². The van der Waals surface area contributed by atoms with Crippen LogP contribution in [0.1, 0.15) is 58.8 Å². The van der Waals surface area contributed by atoms with Crippen LogP contribution in [0.5, 0.6) is 0 Å². The van der Waals surface area contributed by atoms with Crippen LogP contribution in [0, 0.1) is 11.3 Å². The zero-order chi connectivity index (χ0) is 20.3. The molecule has 2 heterocycles. The lowest BCUT2D eigenvalue weighted by Crippen LogP contribution is -2.44. The molecule has 4 amide bonds. The Morgan fingerprint density at radius 3 is 2.54 bits per heavy atom. The van der Waals surface area contributed by atoms with Crippen molar-refractivity contribution < 1.29 is 19.1 Å². The van der Waals surface area contributed by atoms with E-state index < -0.39 is 6.04 Å². The van der Waals surface area contributed by atoms with Crippen molar-refractivity contribution >= 4 is 17.8 Å². The van der Waals surface area contributed by atoms with E-state index in [1.54, 1.807) is 12.0 Å². The molecule has 0 aromatic heterocycles. The van der Waals surface area contributed by atoms with Gasteiger partial charge in [0.25, 0.3) is 5.91 Å². The van der Waals surface area contributed by atoms with Crippen molar-refractivity contribution in [1.29, 1.82) is 0 Å². The standard InChI is InChI=1S/C21H35N3O4/c1-21(2)14-22(18(25)10-9-16-7-5-4-6-8-16)13-17-19(26)23(11-12-28-3)20(27)24(17)15-21/h16-17H,4-15H2,1-3H3. The van der Waals surface area contributed by atoms with Gasteiger partial charge < -0.3 is 14.5 Å². The zero-order valence-corrected chi connectivity index (χ0v) is 17.6. The number of amides is 4. The molecule has 3 rings (SSSR count). The summed E-state index contributed by atoms with van der Waals surface area (Å²) in [6.07, 6.45) is 7.83. The Bertz CT molecular complexity index is 600. The van der Waals surface area contributed by atoms with Crippen molar-refractivity contribution in [2.24, 2.45) is 11.3 Å². The van der Waals surface area contributed by atoms with E-state index in [0.29, 0.717) is 38.6 Å². The average Bonchev–Trinajstić information content (AvgIpc) is 2.80. The highest BCUT2D eigenvalue weighted by atomic mass is 16.5. The lowest BCUT2D eigenvalue weighted by atomic mass is 9.86. The van der Waals surface area contributed by atoms with Gasteiger partial charge in [0.15, 0.2) is 0 Å². The number of carbonyl (C=O) groups is 3. The van der Waals surface area contributed by atoms with Crippen LogP contribution < -0.4 is 0 Å². The number of hydrogen-bond donors (Lipinski definition) is 0. The zero-order valence-electron chi connectivity index (χ0n) is 17.6. The highest BCUT2D eigenvalue weighted by molar-refractivity contribution is 6.04. The number of carbonyl (C=O) groups excluding carboxylic acids is 3. The largest absolute Gasteiger partial charge is 0.383 e. The normalized spacial score (nSPS) is 25.8. The number of rotatable bonds is 6. The average molecular weight is 394 g/mol. The molecule has 158 valence electrons. The number of nitrogens with zero attached hydrogens (tertiary/aromatic N) is 3. The van der Waals surface area contributed by atoms with E-state index in [-0.39, 0.29) is 29.8 Å². The Morgan fingerprint density at radius 1 is 1.14 bits per heavy atom. The fourth-order valence-electron chi connectivity index (χ4n) is 4.89. The third kappa shape index (κ3) is 4.67. The second kappa shape index (κ2) is 8.80. The van der Waals surface area contributed by atoms with Gasteiger partial charge in [-0.15, -0.1) is 0 Å². The number of ether oxygens (including phenoxy) is 1. The Labute approximate surface area is 168 Å². The lowest BCUT2D eigenvalue weighted by molar-refractivity contribution is -0.134. The van der Waals surface area contributed by atoms with Gasteiger partial charge in [-0.05, 0) is 12.3 Å². The summed E-state index contributed by atoms with van der Waals surface area (Å²) >= 11 is 0. The minimum atomic E-state index is -0.565. The van der Waals surface area contributed by atoms with E-state index in [0.717, 1.165) is 6.42 Å².